The molecule has 0 spiro atoms. The van der Waals surface area contributed by atoms with Crippen molar-refractivity contribution in [2.24, 2.45) is 7.05 Å². The van der Waals surface area contributed by atoms with Gasteiger partial charge in [-0.05, 0) is 32.9 Å². The summed E-state index contributed by atoms with van der Waals surface area (Å²) in [5.74, 6) is 0. The van der Waals surface area contributed by atoms with Crippen molar-refractivity contribution in [2.45, 2.75) is 56.0 Å². The molecule has 2 N–H and O–H groups in total. The zero-order valence-corrected chi connectivity index (χ0v) is 13.4. The van der Waals surface area contributed by atoms with Gasteiger partial charge < -0.3 is 9.88 Å². The van der Waals surface area contributed by atoms with E-state index in [1.54, 1.807) is 12.3 Å². The lowest BCUT2D eigenvalue weighted by Crippen LogP contribution is -2.46. The maximum absolute atomic E-state index is 12.5. The van der Waals surface area contributed by atoms with Crippen molar-refractivity contribution in [1.82, 2.24) is 14.6 Å². The smallest absolute Gasteiger partial charge is 0.242 e. The molecule has 0 atom stereocenters. The fraction of sp³-hybridized carbons (Fsp3) is 0.714. The quantitative estimate of drug-likeness (QED) is 0.870. The van der Waals surface area contributed by atoms with Crippen LogP contribution in [0.3, 0.4) is 0 Å². The Labute approximate surface area is 121 Å². The van der Waals surface area contributed by atoms with Gasteiger partial charge in [0.25, 0.3) is 0 Å². The van der Waals surface area contributed by atoms with Crippen molar-refractivity contribution in [2.75, 3.05) is 7.05 Å². The molecule has 0 amide bonds. The highest BCUT2D eigenvalue weighted by Crippen LogP contribution is 2.29. The van der Waals surface area contributed by atoms with Crippen LogP contribution in [0.25, 0.3) is 0 Å². The van der Waals surface area contributed by atoms with Gasteiger partial charge in [0.05, 0.1) is 4.90 Å². The molecule has 1 aromatic heterocycles. The molecule has 0 radical (unpaired) electrons. The average molecular weight is 299 g/mol. The van der Waals surface area contributed by atoms with E-state index in [1.165, 1.54) is 6.42 Å². The molecule has 0 aromatic carbocycles. The fourth-order valence-electron chi connectivity index (χ4n) is 2.90. The third-order valence-corrected chi connectivity index (χ3v) is 5.69. The lowest BCUT2D eigenvalue weighted by atomic mass is 9.84. The fourth-order valence-corrected chi connectivity index (χ4v) is 4.46. The molecule has 6 heteroatoms. The molecule has 0 aliphatic heterocycles. The number of rotatable bonds is 5. The van der Waals surface area contributed by atoms with Crippen LogP contribution in [0.15, 0.2) is 17.2 Å². The van der Waals surface area contributed by atoms with Crippen molar-refractivity contribution in [1.29, 1.82) is 0 Å². The first-order valence-electron chi connectivity index (χ1n) is 7.20. The Kier molecular flexibility index (Phi) is 4.56. The minimum Gasteiger partial charge on any atom is -0.352 e. The summed E-state index contributed by atoms with van der Waals surface area (Å²) in [6, 6.07) is 1.74. The zero-order chi connectivity index (χ0) is 14.8. The molecule has 5 nitrogen and oxygen atoms in total. The van der Waals surface area contributed by atoms with E-state index < -0.39 is 10.0 Å². The number of hydrogen-bond donors (Lipinski definition) is 2. The summed E-state index contributed by atoms with van der Waals surface area (Å²) >= 11 is 0. The molecular formula is C14H25N3O2S. The summed E-state index contributed by atoms with van der Waals surface area (Å²) in [4.78, 5) is 0.358. The highest BCUT2D eigenvalue weighted by Gasteiger charge is 2.32. The molecule has 1 aliphatic rings. The molecule has 0 bridgehead atoms. The van der Waals surface area contributed by atoms with Crippen LogP contribution in [-0.4, -0.2) is 25.6 Å². The first-order valence-corrected chi connectivity index (χ1v) is 8.68. The molecule has 2 rings (SSSR count). The Bertz CT molecular complexity index is 557. The van der Waals surface area contributed by atoms with Crippen molar-refractivity contribution in [3.8, 4) is 0 Å². The van der Waals surface area contributed by atoms with E-state index in [-0.39, 0.29) is 5.54 Å². The van der Waals surface area contributed by atoms with Gasteiger partial charge in [0.1, 0.15) is 0 Å². The first-order chi connectivity index (χ1) is 9.36. The Morgan fingerprint density at radius 1 is 1.30 bits per heavy atom. The normalized spacial score (nSPS) is 19.1. The van der Waals surface area contributed by atoms with E-state index in [4.69, 9.17) is 0 Å². The van der Waals surface area contributed by atoms with Crippen LogP contribution in [0.4, 0.5) is 0 Å². The van der Waals surface area contributed by atoms with E-state index in [1.807, 2.05) is 25.6 Å². The number of aryl methyl sites for hydroxylation is 1. The van der Waals surface area contributed by atoms with Gasteiger partial charge in [0.2, 0.25) is 10.0 Å². The van der Waals surface area contributed by atoms with E-state index in [0.717, 1.165) is 31.4 Å². The zero-order valence-electron chi connectivity index (χ0n) is 12.6. The van der Waals surface area contributed by atoms with Gasteiger partial charge in [-0.2, -0.15) is 0 Å². The summed E-state index contributed by atoms with van der Waals surface area (Å²) in [7, 11) is 0.282. The summed E-state index contributed by atoms with van der Waals surface area (Å²) in [5, 5.41) is 3.04. The lowest BCUT2D eigenvalue weighted by Gasteiger charge is -2.33. The Morgan fingerprint density at radius 2 is 1.95 bits per heavy atom. The van der Waals surface area contributed by atoms with Crippen LogP contribution in [0.5, 0.6) is 0 Å². The van der Waals surface area contributed by atoms with Gasteiger partial charge in [0.15, 0.2) is 0 Å². The lowest BCUT2D eigenvalue weighted by molar-refractivity contribution is 0.294. The molecule has 20 heavy (non-hydrogen) atoms. The average Bonchev–Trinajstić information content (AvgIpc) is 2.72. The predicted octanol–water partition coefficient (Wildman–Crippen LogP) is 1.75. The van der Waals surface area contributed by atoms with Crippen molar-refractivity contribution in [3.63, 3.8) is 0 Å². The Morgan fingerprint density at radius 3 is 2.55 bits per heavy atom. The van der Waals surface area contributed by atoms with Gasteiger partial charge in [-0.1, -0.05) is 19.3 Å². The molecule has 1 aromatic rings. The van der Waals surface area contributed by atoms with E-state index in [2.05, 4.69) is 10.0 Å². The minimum absolute atomic E-state index is 0.296. The largest absolute Gasteiger partial charge is 0.352 e. The topological polar surface area (TPSA) is 63.1 Å². The summed E-state index contributed by atoms with van der Waals surface area (Å²) < 4.78 is 29.8. The van der Waals surface area contributed by atoms with E-state index in [0.29, 0.717) is 11.4 Å². The molecule has 0 unspecified atom stereocenters. The van der Waals surface area contributed by atoms with Gasteiger partial charge in [-0.15, -0.1) is 0 Å². The van der Waals surface area contributed by atoms with Gasteiger partial charge >= 0.3 is 0 Å². The van der Waals surface area contributed by atoms with Crippen LogP contribution in [0.1, 0.15) is 44.7 Å². The Balaban J connectivity index is 2.19. The molecular weight excluding hydrogens is 274 g/mol. The standard InChI is InChI=1S/C14H25N3O2S/c1-14(7-5-4-6-8-14)16-20(18,19)13-9-12(10-15-2)17(3)11-13/h9,11,15-16H,4-8,10H2,1-3H3. The summed E-state index contributed by atoms with van der Waals surface area (Å²) in [6.45, 7) is 2.67. The summed E-state index contributed by atoms with van der Waals surface area (Å²) in [5.41, 5.74) is 0.664. The van der Waals surface area contributed by atoms with Gasteiger partial charge in [0, 0.05) is 31.0 Å². The number of aromatic nitrogens is 1. The monoisotopic (exact) mass is 299 g/mol. The molecule has 114 valence electrons. The predicted molar refractivity (Wildman–Crippen MR) is 80.0 cm³/mol. The van der Waals surface area contributed by atoms with Crippen molar-refractivity contribution >= 4 is 10.0 Å². The second-order valence-electron chi connectivity index (χ2n) is 6.04. The molecule has 1 fully saturated rings. The van der Waals surface area contributed by atoms with Crippen LogP contribution < -0.4 is 10.0 Å². The molecule has 1 aliphatic carbocycles. The van der Waals surface area contributed by atoms with Crippen molar-refractivity contribution in [3.05, 3.63) is 18.0 Å². The highest BCUT2D eigenvalue weighted by molar-refractivity contribution is 7.89. The number of sulfonamides is 1. The van der Waals surface area contributed by atoms with E-state index >= 15 is 0 Å². The minimum atomic E-state index is -3.44. The van der Waals surface area contributed by atoms with Crippen molar-refractivity contribution < 1.29 is 8.42 Å². The third-order valence-electron chi connectivity index (χ3n) is 4.09. The summed E-state index contributed by atoms with van der Waals surface area (Å²) in [6.07, 6.45) is 6.92. The number of nitrogens with one attached hydrogen (secondary N) is 2. The molecule has 1 saturated carbocycles. The van der Waals surface area contributed by atoms with Gasteiger partial charge in [-0.3, -0.25) is 0 Å². The number of hydrogen-bond acceptors (Lipinski definition) is 3. The van der Waals surface area contributed by atoms with E-state index in [9.17, 15) is 8.42 Å². The maximum Gasteiger partial charge on any atom is 0.242 e. The maximum atomic E-state index is 12.5. The molecule has 0 saturated heterocycles. The highest BCUT2D eigenvalue weighted by atomic mass is 32.2. The van der Waals surface area contributed by atoms with Crippen LogP contribution in [-0.2, 0) is 23.6 Å². The third kappa shape index (κ3) is 3.42. The second kappa shape index (κ2) is 5.87. The second-order valence-corrected chi connectivity index (χ2v) is 7.72. The number of nitrogens with zero attached hydrogens (tertiary/aromatic N) is 1. The Hall–Kier alpha value is -0.850. The van der Waals surface area contributed by atoms with Gasteiger partial charge in [-0.25, -0.2) is 13.1 Å². The van der Waals surface area contributed by atoms with Crippen LogP contribution in [0, 0.1) is 0 Å². The van der Waals surface area contributed by atoms with Crippen LogP contribution >= 0.6 is 0 Å². The molecule has 1 heterocycles. The SMILES string of the molecule is CNCc1cc(S(=O)(=O)NC2(C)CCCCC2)cn1C. The first kappa shape index (κ1) is 15.5. The van der Waals surface area contributed by atoms with Crippen LogP contribution in [0.2, 0.25) is 0 Å².